The lowest BCUT2D eigenvalue weighted by Gasteiger charge is -2.34. The first-order valence-electron chi connectivity index (χ1n) is 7.77. The highest BCUT2D eigenvalue weighted by Crippen LogP contribution is 2.64. The lowest BCUT2D eigenvalue weighted by Crippen LogP contribution is -2.25. The smallest absolute Gasteiger partial charge is 0.0908 e. The van der Waals surface area contributed by atoms with Crippen LogP contribution < -0.4 is 0 Å². The van der Waals surface area contributed by atoms with E-state index in [0.717, 1.165) is 11.8 Å². The highest BCUT2D eigenvalue weighted by molar-refractivity contribution is 5.29. The molecule has 4 unspecified atom stereocenters. The van der Waals surface area contributed by atoms with Gasteiger partial charge in [-0.3, -0.25) is 0 Å². The minimum Gasteiger partial charge on any atom is -0.193 e. The van der Waals surface area contributed by atoms with Gasteiger partial charge in [-0.25, -0.2) is 0 Å². The Morgan fingerprint density at radius 3 is 2.55 bits per heavy atom. The Morgan fingerprint density at radius 2 is 1.85 bits per heavy atom. The molecule has 2 fully saturated rings. The van der Waals surface area contributed by atoms with Crippen LogP contribution in [-0.4, -0.2) is 0 Å². The Morgan fingerprint density at radius 1 is 1.15 bits per heavy atom. The molecule has 1 aromatic rings. The van der Waals surface area contributed by atoms with Crippen molar-refractivity contribution in [2.45, 2.75) is 39.0 Å². The van der Waals surface area contributed by atoms with E-state index in [1.807, 2.05) is 0 Å². The molecule has 0 saturated heterocycles. The van der Waals surface area contributed by atoms with Gasteiger partial charge in [0.25, 0.3) is 0 Å². The third-order valence-corrected chi connectivity index (χ3v) is 5.71. The molecule has 1 heteroatoms. The number of nitrogens with zero attached hydrogens (tertiary/aromatic N) is 1. The maximum atomic E-state index is 8.88. The Labute approximate surface area is 122 Å². The summed E-state index contributed by atoms with van der Waals surface area (Å²) < 4.78 is 0. The third-order valence-electron chi connectivity index (χ3n) is 5.71. The Bertz CT molecular complexity index is 535. The highest BCUT2D eigenvalue weighted by Gasteiger charge is 2.55. The zero-order chi connectivity index (χ0) is 14.2. The van der Waals surface area contributed by atoms with E-state index in [-0.39, 0.29) is 5.41 Å². The van der Waals surface area contributed by atoms with Crippen LogP contribution in [0.3, 0.4) is 0 Å². The number of hydrogen-bond donors (Lipinski definition) is 0. The molecule has 0 radical (unpaired) electrons. The van der Waals surface area contributed by atoms with Crippen molar-refractivity contribution >= 4 is 0 Å². The van der Waals surface area contributed by atoms with Crippen molar-refractivity contribution in [3.05, 3.63) is 48.0 Å². The average molecular weight is 265 g/mol. The summed E-state index contributed by atoms with van der Waals surface area (Å²) in [6.07, 6.45) is 7.93. The van der Waals surface area contributed by atoms with Gasteiger partial charge in [-0.05, 0) is 47.5 Å². The molecule has 2 aliphatic carbocycles. The van der Waals surface area contributed by atoms with Crippen LogP contribution in [-0.2, 0) is 0 Å². The Hall–Kier alpha value is -1.55. The van der Waals surface area contributed by atoms with Crippen LogP contribution in [0.2, 0.25) is 0 Å². The summed E-state index contributed by atoms with van der Waals surface area (Å²) in [5, 5.41) is 8.88. The molecule has 0 N–H and O–H groups in total. The molecule has 2 saturated carbocycles. The van der Waals surface area contributed by atoms with Crippen molar-refractivity contribution in [3.63, 3.8) is 0 Å². The molecule has 1 nitrogen and oxygen atoms in total. The molecule has 0 spiro atoms. The number of fused-ring (bicyclic) bond motifs is 1. The first-order chi connectivity index (χ1) is 9.66. The molecule has 0 bridgehead atoms. The van der Waals surface area contributed by atoms with Crippen molar-refractivity contribution < 1.29 is 0 Å². The second-order valence-corrected chi connectivity index (χ2v) is 6.98. The molecule has 3 rings (SSSR count). The molecule has 4 atom stereocenters. The fourth-order valence-electron chi connectivity index (χ4n) is 5.06. The lowest BCUT2D eigenvalue weighted by atomic mass is 9.70. The minimum absolute atomic E-state index is 0.241. The second-order valence-electron chi connectivity index (χ2n) is 6.98. The van der Waals surface area contributed by atoms with Crippen molar-refractivity contribution in [2.75, 3.05) is 0 Å². The van der Waals surface area contributed by atoms with E-state index in [4.69, 9.17) is 5.26 Å². The van der Waals surface area contributed by atoms with Crippen LogP contribution in [0.25, 0.3) is 0 Å². The average Bonchev–Trinajstić information content (AvgIpc) is 2.95. The maximum Gasteiger partial charge on any atom is 0.0908 e. The monoisotopic (exact) mass is 265 g/mol. The van der Waals surface area contributed by atoms with Crippen LogP contribution in [0.4, 0.5) is 0 Å². The molecule has 0 aliphatic heterocycles. The van der Waals surface area contributed by atoms with E-state index in [0.29, 0.717) is 11.8 Å². The van der Waals surface area contributed by atoms with Gasteiger partial charge in [0.1, 0.15) is 0 Å². The molecule has 0 amide bonds. The lowest BCUT2D eigenvalue weighted by molar-refractivity contribution is 0.238. The van der Waals surface area contributed by atoms with Crippen LogP contribution in [0.1, 0.15) is 44.6 Å². The van der Waals surface area contributed by atoms with Crippen molar-refractivity contribution in [2.24, 2.45) is 23.2 Å². The number of allylic oxidation sites excluding steroid dienone is 2. The summed E-state index contributed by atoms with van der Waals surface area (Å²) in [7, 11) is 0. The van der Waals surface area contributed by atoms with Gasteiger partial charge in [0.05, 0.1) is 6.07 Å². The minimum atomic E-state index is 0.241. The van der Waals surface area contributed by atoms with Gasteiger partial charge < -0.3 is 0 Å². The van der Waals surface area contributed by atoms with E-state index >= 15 is 0 Å². The first-order valence-corrected chi connectivity index (χ1v) is 7.77. The molecule has 20 heavy (non-hydrogen) atoms. The summed E-state index contributed by atoms with van der Waals surface area (Å²) in [6.45, 7) is 4.80. The molecule has 1 aromatic carbocycles. The Kier molecular flexibility index (Phi) is 3.42. The Balaban J connectivity index is 2.02. The van der Waals surface area contributed by atoms with Crippen LogP contribution in [0.5, 0.6) is 0 Å². The van der Waals surface area contributed by atoms with Crippen molar-refractivity contribution in [3.8, 4) is 6.07 Å². The van der Waals surface area contributed by atoms with Gasteiger partial charge in [-0.2, -0.15) is 5.26 Å². The largest absolute Gasteiger partial charge is 0.193 e. The van der Waals surface area contributed by atoms with Gasteiger partial charge in [0.2, 0.25) is 0 Å². The van der Waals surface area contributed by atoms with Gasteiger partial charge in [-0.15, -0.1) is 0 Å². The predicted octanol–water partition coefficient (Wildman–Crippen LogP) is 4.92. The molecule has 2 aliphatic rings. The van der Waals surface area contributed by atoms with Crippen LogP contribution in [0.15, 0.2) is 42.5 Å². The highest BCUT2D eigenvalue weighted by atomic mass is 14.6. The number of hydrogen-bond acceptors (Lipinski definition) is 1. The van der Waals surface area contributed by atoms with Crippen molar-refractivity contribution in [1.29, 1.82) is 5.26 Å². The summed E-state index contributed by atoms with van der Waals surface area (Å²) >= 11 is 0. The van der Waals surface area contributed by atoms with Crippen molar-refractivity contribution in [1.82, 2.24) is 0 Å². The molecule has 0 heterocycles. The second kappa shape index (κ2) is 5.09. The van der Waals surface area contributed by atoms with E-state index in [2.05, 4.69) is 56.3 Å². The number of rotatable bonds is 2. The van der Waals surface area contributed by atoms with E-state index in [9.17, 15) is 0 Å². The van der Waals surface area contributed by atoms with Gasteiger partial charge in [-0.1, -0.05) is 56.7 Å². The quantitative estimate of drug-likeness (QED) is 0.696. The normalized spacial score (nSPS) is 35.0. The maximum absolute atomic E-state index is 8.88. The standard InChI is InChI=1S/C19H23N/c1-19(2)17(12-7-13-20)15-10-6-11-16(15)18(19)14-8-4-3-5-9-14/h3-5,7-9,12,15-18H,6,10-11H2,1-2H3/b12-7+. The molecular weight excluding hydrogens is 242 g/mol. The first kappa shape index (κ1) is 13.4. The van der Waals surface area contributed by atoms with Gasteiger partial charge in [0.15, 0.2) is 0 Å². The third kappa shape index (κ3) is 1.99. The van der Waals surface area contributed by atoms with E-state index < -0.39 is 0 Å². The summed E-state index contributed by atoms with van der Waals surface area (Å²) in [5.41, 5.74) is 1.73. The summed E-state index contributed by atoms with van der Waals surface area (Å²) in [4.78, 5) is 0. The fraction of sp³-hybridized carbons (Fsp3) is 0.526. The van der Waals surface area contributed by atoms with E-state index in [1.54, 1.807) is 6.08 Å². The zero-order valence-corrected chi connectivity index (χ0v) is 12.4. The number of benzene rings is 1. The van der Waals surface area contributed by atoms with Gasteiger partial charge in [0, 0.05) is 6.08 Å². The summed E-state index contributed by atoms with van der Waals surface area (Å²) in [5.74, 6) is 2.73. The predicted molar refractivity (Wildman–Crippen MR) is 82.0 cm³/mol. The molecule has 104 valence electrons. The van der Waals surface area contributed by atoms with Gasteiger partial charge >= 0.3 is 0 Å². The van der Waals surface area contributed by atoms with Crippen LogP contribution in [0, 0.1) is 34.5 Å². The van der Waals surface area contributed by atoms with E-state index in [1.165, 1.54) is 24.8 Å². The molecular formula is C19H23N. The fourth-order valence-corrected chi connectivity index (χ4v) is 5.06. The SMILES string of the molecule is CC1(C)C(/C=C/C#N)C2CCCC2C1c1ccccc1. The topological polar surface area (TPSA) is 23.8 Å². The summed E-state index contributed by atoms with van der Waals surface area (Å²) in [6, 6.07) is 13.2. The van der Waals surface area contributed by atoms with Crippen LogP contribution >= 0.6 is 0 Å². The molecule has 0 aromatic heterocycles. The number of nitriles is 1. The zero-order valence-electron chi connectivity index (χ0n) is 12.4.